The smallest absolute Gasteiger partial charge is 0.144 e. The van der Waals surface area contributed by atoms with Gasteiger partial charge in [0.15, 0.2) is 0 Å². The zero-order chi connectivity index (χ0) is 44.6. The van der Waals surface area contributed by atoms with Crippen LogP contribution in [0.3, 0.4) is 0 Å². The molecule has 0 aliphatic rings. The Labute approximate surface area is 378 Å². The first-order valence-corrected chi connectivity index (χ1v) is 23.1. The van der Waals surface area contributed by atoms with E-state index in [1.807, 2.05) is 6.20 Å². The van der Waals surface area contributed by atoms with Crippen molar-refractivity contribution in [1.82, 2.24) is 9.55 Å². The molecule has 63 heavy (non-hydrogen) atoms. The van der Waals surface area contributed by atoms with E-state index in [0.29, 0.717) is 23.7 Å². The third-order valence-electron chi connectivity index (χ3n) is 12.7. The molecule has 0 N–H and O–H groups in total. The molecule has 0 aliphatic heterocycles. The van der Waals surface area contributed by atoms with Crippen molar-refractivity contribution in [3.8, 4) is 28.2 Å². The van der Waals surface area contributed by atoms with Gasteiger partial charge >= 0.3 is 0 Å². The van der Waals surface area contributed by atoms with Gasteiger partial charge in [0.2, 0.25) is 0 Å². The molecule has 0 saturated carbocycles. The average molecular weight is 827 g/mol. The number of allylic oxidation sites excluding steroid dienone is 2. The second-order valence-corrected chi connectivity index (χ2v) is 18.5. The molecule has 0 aliphatic carbocycles. The Hall–Kier alpha value is -6.21. The minimum Gasteiger partial charge on any atom is -0.299 e. The molecule has 7 rings (SSSR count). The Kier molecular flexibility index (Phi) is 14.5. The van der Waals surface area contributed by atoms with E-state index >= 15 is 0 Å². The molecule has 0 amide bonds. The van der Waals surface area contributed by atoms with Crippen LogP contribution >= 0.6 is 0 Å². The average Bonchev–Trinajstić information content (AvgIpc) is 3.79. The molecule has 0 spiro atoms. The third-order valence-corrected chi connectivity index (χ3v) is 12.7. The van der Waals surface area contributed by atoms with Crippen molar-refractivity contribution in [3.05, 3.63) is 226 Å². The number of benzene rings is 6. The standard InChI is InChI=1S/C61H66N2/c1-11-17-56(59-54(41(2)3)22-16-23-55(59)42(4)5)45(10)50-32-28-46(29-33-50)24-26-48-18-15-19-49(38-48)27-25-47-30-34-52(35-31-47)61-62-36-37-63(61)60-57(43(6)7)39-53(40-58(60)44(8)9)51-20-13-12-14-21-51/h12-23,28-44,56H,1,10,24-27H2,2-9H3. The fourth-order valence-corrected chi connectivity index (χ4v) is 9.18. The van der Waals surface area contributed by atoms with Crippen molar-refractivity contribution in [2.75, 3.05) is 0 Å². The van der Waals surface area contributed by atoms with E-state index < -0.39 is 0 Å². The lowest BCUT2D eigenvalue weighted by Crippen LogP contribution is -2.09. The number of aromatic nitrogens is 2. The molecule has 1 heterocycles. The van der Waals surface area contributed by atoms with E-state index in [2.05, 4.69) is 225 Å². The van der Waals surface area contributed by atoms with Crippen molar-refractivity contribution >= 4 is 5.57 Å². The molecule has 0 saturated heterocycles. The number of aryl methyl sites for hydroxylation is 4. The summed E-state index contributed by atoms with van der Waals surface area (Å²) in [5.41, 5.74) is 22.5. The van der Waals surface area contributed by atoms with Crippen LogP contribution in [0.15, 0.2) is 171 Å². The number of hydrogen-bond acceptors (Lipinski definition) is 1. The largest absolute Gasteiger partial charge is 0.299 e. The summed E-state index contributed by atoms with van der Waals surface area (Å²) in [5, 5.41) is 0. The Bertz CT molecular complexity index is 2620. The SMILES string of the molecule is C=C=CC(C(=C)c1ccc(CCc2cccc(CCc3ccc(-c4nccn4-c4c(C(C)C)cc(-c5ccccc5)cc4C(C)C)cc3)c2)cc1)c1c(C(C)C)cccc1C(C)C. The zero-order valence-corrected chi connectivity index (χ0v) is 39.0. The molecule has 2 nitrogen and oxygen atoms in total. The molecular weight excluding hydrogens is 761 g/mol. The van der Waals surface area contributed by atoms with Crippen LogP contribution in [0.1, 0.15) is 141 Å². The predicted octanol–water partition coefficient (Wildman–Crippen LogP) is 16.4. The van der Waals surface area contributed by atoms with E-state index in [9.17, 15) is 0 Å². The van der Waals surface area contributed by atoms with E-state index in [1.165, 1.54) is 66.9 Å². The van der Waals surface area contributed by atoms with Crippen LogP contribution in [0.5, 0.6) is 0 Å². The third kappa shape index (κ3) is 10.4. The Morgan fingerprint density at radius 1 is 0.540 bits per heavy atom. The Balaban J connectivity index is 1.01. The summed E-state index contributed by atoms with van der Waals surface area (Å²) in [6.45, 7) is 26.9. The van der Waals surface area contributed by atoms with Crippen molar-refractivity contribution in [2.24, 2.45) is 0 Å². The number of hydrogen-bond donors (Lipinski definition) is 0. The van der Waals surface area contributed by atoms with Crippen LogP contribution in [0.2, 0.25) is 0 Å². The van der Waals surface area contributed by atoms with Crippen LogP contribution in [-0.2, 0) is 25.7 Å². The second kappa shape index (κ2) is 20.3. The van der Waals surface area contributed by atoms with Crippen molar-refractivity contribution in [1.29, 1.82) is 0 Å². The van der Waals surface area contributed by atoms with E-state index in [4.69, 9.17) is 4.98 Å². The van der Waals surface area contributed by atoms with Gasteiger partial charge in [0.05, 0.1) is 5.69 Å². The highest BCUT2D eigenvalue weighted by atomic mass is 15.1. The summed E-state index contributed by atoms with van der Waals surface area (Å²) in [6, 6.07) is 49.5. The lowest BCUT2D eigenvalue weighted by molar-refractivity contribution is 0.797. The number of rotatable bonds is 17. The first kappa shape index (κ1) is 44.8. The van der Waals surface area contributed by atoms with Gasteiger partial charge in [-0.15, -0.1) is 5.73 Å². The minimum absolute atomic E-state index is 0.0276. The van der Waals surface area contributed by atoms with Gasteiger partial charge in [0.25, 0.3) is 0 Å². The van der Waals surface area contributed by atoms with E-state index in [-0.39, 0.29) is 5.92 Å². The fraction of sp³-hybridized carbons (Fsp3) is 0.279. The lowest BCUT2D eigenvalue weighted by atomic mass is 9.77. The molecule has 0 fully saturated rings. The molecule has 7 aromatic rings. The van der Waals surface area contributed by atoms with Gasteiger partial charge in [-0.1, -0.05) is 190 Å². The summed E-state index contributed by atoms with van der Waals surface area (Å²) in [7, 11) is 0. The van der Waals surface area contributed by atoms with Crippen molar-refractivity contribution in [2.45, 2.75) is 111 Å². The second-order valence-electron chi connectivity index (χ2n) is 18.5. The minimum atomic E-state index is 0.0276. The van der Waals surface area contributed by atoms with Gasteiger partial charge in [-0.25, -0.2) is 4.98 Å². The normalized spacial score (nSPS) is 12.0. The quantitative estimate of drug-likeness (QED) is 0.0836. The highest BCUT2D eigenvalue weighted by Crippen LogP contribution is 2.41. The van der Waals surface area contributed by atoms with Crippen LogP contribution < -0.4 is 0 Å². The van der Waals surface area contributed by atoms with Gasteiger partial charge in [-0.3, -0.25) is 4.57 Å². The molecule has 1 unspecified atom stereocenters. The molecule has 1 aromatic heterocycles. The summed E-state index contributed by atoms with van der Waals surface area (Å²) >= 11 is 0. The molecule has 6 aromatic carbocycles. The maximum absolute atomic E-state index is 4.92. The summed E-state index contributed by atoms with van der Waals surface area (Å²) in [5.74, 6) is 2.54. The first-order valence-electron chi connectivity index (χ1n) is 23.1. The highest BCUT2D eigenvalue weighted by molar-refractivity contribution is 5.74. The van der Waals surface area contributed by atoms with Gasteiger partial charge in [0.1, 0.15) is 5.82 Å². The number of nitrogens with zero attached hydrogens (tertiary/aromatic N) is 2. The van der Waals surface area contributed by atoms with Gasteiger partial charge in [-0.2, -0.15) is 0 Å². The number of imidazole rings is 1. The fourth-order valence-electron chi connectivity index (χ4n) is 9.18. The molecule has 320 valence electrons. The van der Waals surface area contributed by atoms with E-state index in [1.54, 1.807) is 0 Å². The van der Waals surface area contributed by atoms with Crippen LogP contribution in [-0.4, -0.2) is 9.55 Å². The van der Waals surface area contributed by atoms with Gasteiger partial charge < -0.3 is 0 Å². The van der Waals surface area contributed by atoms with Gasteiger partial charge in [0, 0.05) is 23.9 Å². The maximum atomic E-state index is 4.92. The zero-order valence-electron chi connectivity index (χ0n) is 39.0. The molecule has 0 radical (unpaired) electrons. The monoisotopic (exact) mass is 827 g/mol. The van der Waals surface area contributed by atoms with E-state index in [0.717, 1.165) is 48.2 Å². The topological polar surface area (TPSA) is 17.8 Å². The van der Waals surface area contributed by atoms with Crippen molar-refractivity contribution in [3.63, 3.8) is 0 Å². The molecular formula is C61H66N2. The molecule has 0 bridgehead atoms. The molecule has 2 heteroatoms. The molecule has 1 atom stereocenters. The summed E-state index contributed by atoms with van der Waals surface area (Å²) in [6.07, 6.45) is 10.2. The Morgan fingerprint density at radius 2 is 1.05 bits per heavy atom. The Morgan fingerprint density at radius 3 is 1.57 bits per heavy atom. The summed E-state index contributed by atoms with van der Waals surface area (Å²) < 4.78 is 2.32. The summed E-state index contributed by atoms with van der Waals surface area (Å²) in [4.78, 5) is 4.92. The lowest BCUT2D eigenvalue weighted by Gasteiger charge is -2.26. The van der Waals surface area contributed by atoms with Crippen molar-refractivity contribution < 1.29 is 0 Å². The highest BCUT2D eigenvalue weighted by Gasteiger charge is 2.24. The maximum Gasteiger partial charge on any atom is 0.144 e. The first-order chi connectivity index (χ1) is 30.4. The predicted molar refractivity (Wildman–Crippen MR) is 270 cm³/mol. The van der Waals surface area contributed by atoms with Gasteiger partial charge in [-0.05, 0) is 140 Å². The van der Waals surface area contributed by atoms with Crippen LogP contribution in [0.25, 0.3) is 33.8 Å². The van der Waals surface area contributed by atoms with Crippen LogP contribution in [0.4, 0.5) is 0 Å². The van der Waals surface area contributed by atoms with Crippen LogP contribution in [0, 0.1) is 0 Å².